The number of non-ortho nitro benzene ring substituents is 1. The van der Waals surface area contributed by atoms with Gasteiger partial charge in [-0.2, -0.15) is 0 Å². The minimum absolute atomic E-state index is 0.163. The molecule has 1 aliphatic heterocycles. The number of carbonyl (C=O) groups excluding carboxylic acids is 2. The van der Waals surface area contributed by atoms with E-state index >= 15 is 0 Å². The van der Waals surface area contributed by atoms with Crippen molar-refractivity contribution < 1.29 is 29.2 Å². The molecule has 1 heterocycles. The summed E-state index contributed by atoms with van der Waals surface area (Å²) < 4.78 is 4.77. The summed E-state index contributed by atoms with van der Waals surface area (Å²) in [6, 6.07) is 12.6. The number of carbonyl (C=O) groups is 3. The Kier molecular flexibility index (Phi) is 5.08. The predicted octanol–water partition coefficient (Wildman–Crippen LogP) is 2.17. The topological polar surface area (TPSA) is 127 Å². The average Bonchev–Trinajstić information content (AvgIpc) is 3.01. The van der Waals surface area contributed by atoms with Gasteiger partial charge in [0.15, 0.2) is 5.92 Å². The number of nitro groups is 1. The number of ether oxygens (including phenoxy) is 1. The van der Waals surface area contributed by atoms with Gasteiger partial charge >= 0.3 is 11.9 Å². The average molecular weight is 384 g/mol. The van der Waals surface area contributed by atoms with Crippen LogP contribution < -0.4 is 4.90 Å². The molecule has 0 spiro atoms. The van der Waals surface area contributed by atoms with Crippen molar-refractivity contribution in [1.82, 2.24) is 0 Å². The first-order chi connectivity index (χ1) is 13.4. The van der Waals surface area contributed by atoms with Crippen LogP contribution in [0.25, 0.3) is 0 Å². The Morgan fingerprint density at radius 1 is 1.11 bits per heavy atom. The van der Waals surface area contributed by atoms with E-state index in [1.54, 1.807) is 30.3 Å². The van der Waals surface area contributed by atoms with Crippen LogP contribution in [0.5, 0.6) is 0 Å². The van der Waals surface area contributed by atoms with Crippen LogP contribution in [-0.4, -0.2) is 35.0 Å². The number of carboxylic acid groups (broad SMARTS) is 1. The second kappa shape index (κ2) is 7.47. The van der Waals surface area contributed by atoms with Crippen LogP contribution in [0.2, 0.25) is 0 Å². The number of nitro benzene ring substituents is 1. The Labute approximate surface area is 159 Å². The maximum atomic E-state index is 13.0. The molecule has 0 aromatic heterocycles. The van der Waals surface area contributed by atoms with Gasteiger partial charge in [-0.05, 0) is 17.7 Å². The van der Waals surface area contributed by atoms with Gasteiger partial charge in [-0.15, -0.1) is 0 Å². The van der Waals surface area contributed by atoms with E-state index in [0.717, 1.165) is 7.11 Å². The zero-order valence-corrected chi connectivity index (χ0v) is 14.7. The monoisotopic (exact) mass is 384 g/mol. The lowest BCUT2D eigenvalue weighted by Gasteiger charge is -2.27. The summed E-state index contributed by atoms with van der Waals surface area (Å²) >= 11 is 0. The van der Waals surface area contributed by atoms with E-state index in [-0.39, 0.29) is 5.69 Å². The van der Waals surface area contributed by atoms with E-state index in [4.69, 9.17) is 4.74 Å². The number of esters is 1. The number of carboxylic acids is 1. The summed E-state index contributed by atoms with van der Waals surface area (Å²) in [5.41, 5.74) is 0.638. The highest BCUT2D eigenvalue weighted by Gasteiger charge is 2.56. The lowest BCUT2D eigenvalue weighted by atomic mass is 9.86. The quantitative estimate of drug-likeness (QED) is 0.362. The molecule has 1 fully saturated rings. The standard InChI is InChI=1S/C19H16N2O7/c1-28-19(25)14-15(18(23)24)17(22)20(12-5-3-2-4-6-12)16(14)11-7-9-13(10-8-11)21(26)27/h2-10,14-16H,1H3,(H,23,24)/t14-,15-,16+/m0/s1. The number of benzene rings is 2. The normalized spacial score (nSPS) is 21.4. The summed E-state index contributed by atoms with van der Waals surface area (Å²) in [6.07, 6.45) is 0. The van der Waals surface area contributed by atoms with Gasteiger partial charge in [0.1, 0.15) is 5.92 Å². The van der Waals surface area contributed by atoms with Crippen LogP contribution in [0.3, 0.4) is 0 Å². The minimum Gasteiger partial charge on any atom is -0.481 e. The third-order valence-electron chi connectivity index (χ3n) is 4.70. The van der Waals surface area contributed by atoms with Crippen molar-refractivity contribution in [2.75, 3.05) is 12.0 Å². The summed E-state index contributed by atoms with van der Waals surface area (Å²) in [7, 11) is 1.11. The second-order valence-electron chi connectivity index (χ2n) is 6.20. The zero-order chi connectivity index (χ0) is 20.4. The molecule has 3 rings (SSSR count). The molecule has 1 aliphatic rings. The molecule has 144 valence electrons. The van der Waals surface area contributed by atoms with Gasteiger partial charge in [0.25, 0.3) is 5.69 Å². The molecule has 0 bridgehead atoms. The van der Waals surface area contributed by atoms with Crippen LogP contribution in [0.4, 0.5) is 11.4 Å². The van der Waals surface area contributed by atoms with Crippen molar-refractivity contribution in [2.45, 2.75) is 6.04 Å². The molecule has 2 aromatic carbocycles. The Bertz CT molecular complexity index is 927. The predicted molar refractivity (Wildman–Crippen MR) is 96.4 cm³/mol. The summed E-state index contributed by atoms with van der Waals surface area (Å²) in [4.78, 5) is 48.8. The van der Waals surface area contributed by atoms with Crippen LogP contribution in [0, 0.1) is 22.0 Å². The van der Waals surface area contributed by atoms with E-state index in [9.17, 15) is 29.6 Å². The molecule has 0 aliphatic carbocycles. The number of rotatable bonds is 5. The number of amides is 1. The molecular formula is C19H16N2O7. The lowest BCUT2D eigenvalue weighted by Crippen LogP contribution is -2.32. The molecule has 1 N–H and O–H groups in total. The second-order valence-corrected chi connectivity index (χ2v) is 6.20. The van der Waals surface area contributed by atoms with Gasteiger partial charge in [-0.25, -0.2) is 0 Å². The van der Waals surface area contributed by atoms with Crippen LogP contribution in [0.15, 0.2) is 54.6 Å². The molecule has 3 atom stereocenters. The maximum Gasteiger partial charge on any atom is 0.317 e. The number of anilines is 1. The fraction of sp³-hybridized carbons (Fsp3) is 0.211. The van der Waals surface area contributed by atoms with Gasteiger partial charge < -0.3 is 14.7 Å². The highest BCUT2D eigenvalue weighted by atomic mass is 16.6. The lowest BCUT2D eigenvalue weighted by molar-refractivity contribution is -0.384. The number of methoxy groups -OCH3 is 1. The first kappa shape index (κ1) is 19.0. The Morgan fingerprint density at radius 2 is 1.71 bits per heavy atom. The van der Waals surface area contributed by atoms with Crippen molar-refractivity contribution in [3.05, 3.63) is 70.3 Å². The third kappa shape index (κ3) is 3.18. The Balaban J connectivity index is 2.18. The van der Waals surface area contributed by atoms with E-state index in [0.29, 0.717) is 11.3 Å². The molecular weight excluding hydrogens is 368 g/mol. The molecule has 1 amide bonds. The van der Waals surface area contributed by atoms with Gasteiger partial charge in [0.05, 0.1) is 18.1 Å². The molecule has 0 radical (unpaired) electrons. The van der Waals surface area contributed by atoms with Crippen molar-refractivity contribution in [3.63, 3.8) is 0 Å². The molecule has 0 unspecified atom stereocenters. The van der Waals surface area contributed by atoms with E-state index < -0.39 is 40.6 Å². The van der Waals surface area contributed by atoms with Gasteiger partial charge in [0, 0.05) is 17.8 Å². The van der Waals surface area contributed by atoms with Gasteiger partial charge in [-0.3, -0.25) is 24.5 Å². The smallest absolute Gasteiger partial charge is 0.317 e. The molecule has 0 saturated carbocycles. The molecule has 2 aromatic rings. The van der Waals surface area contributed by atoms with Crippen LogP contribution in [0.1, 0.15) is 11.6 Å². The van der Waals surface area contributed by atoms with Crippen molar-refractivity contribution in [2.24, 2.45) is 11.8 Å². The van der Waals surface area contributed by atoms with Gasteiger partial charge in [0.2, 0.25) is 5.91 Å². The van der Waals surface area contributed by atoms with Crippen LogP contribution in [-0.2, 0) is 19.1 Å². The molecule has 28 heavy (non-hydrogen) atoms. The summed E-state index contributed by atoms with van der Waals surface area (Å²) in [6.45, 7) is 0. The van der Waals surface area contributed by atoms with E-state index in [2.05, 4.69) is 0 Å². The van der Waals surface area contributed by atoms with E-state index in [1.807, 2.05) is 0 Å². The fourth-order valence-corrected chi connectivity index (χ4v) is 3.47. The number of hydrogen-bond acceptors (Lipinski definition) is 6. The first-order valence-corrected chi connectivity index (χ1v) is 8.30. The van der Waals surface area contributed by atoms with Crippen molar-refractivity contribution >= 4 is 29.2 Å². The number of nitrogens with zero attached hydrogens (tertiary/aromatic N) is 2. The Hall–Kier alpha value is -3.75. The number of hydrogen-bond donors (Lipinski definition) is 1. The number of para-hydroxylation sites is 1. The molecule has 9 heteroatoms. The van der Waals surface area contributed by atoms with Crippen molar-refractivity contribution in [3.8, 4) is 0 Å². The highest BCUT2D eigenvalue weighted by Crippen LogP contribution is 2.45. The largest absolute Gasteiger partial charge is 0.481 e. The molecule has 1 saturated heterocycles. The minimum atomic E-state index is -1.63. The fourth-order valence-electron chi connectivity index (χ4n) is 3.47. The third-order valence-corrected chi connectivity index (χ3v) is 4.70. The van der Waals surface area contributed by atoms with Crippen LogP contribution >= 0.6 is 0 Å². The highest BCUT2D eigenvalue weighted by molar-refractivity contribution is 6.12. The van der Waals surface area contributed by atoms with E-state index in [1.165, 1.54) is 29.2 Å². The zero-order valence-electron chi connectivity index (χ0n) is 14.7. The molecule has 9 nitrogen and oxygen atoms in total. The Morgan fingerprint density at radius 3 is 2.21 bits per heavy atom. The van der Waals surface area contributed by atoms with Gasteiger partial charge in [-0.1, -0.05) is 30.3 Å². The maximum absolute atomic E-state index is 13.0. The SMILES string of the molecule is COC(=O)[C@H]1[C@H](C(=O)O)C(=O)N(c2ccccc2)[C@@H]1c1ccc([N+](=O)[O-])cc1. The number of aliphatic carboxylic acids is 1. The first-order valence-electron chi connectivity index (χ1n) is 8.30. The summed E-state index contributed by atoms with van der Waals surface area (Å²) in [5, 5.41) is 20.5. The summed E-state index contributed by atoms with van der Waals surface area (Å²) in [5.74, 6) is -5.98. The van der Waals surface area contributed by atoms with Crippen molar-refractivity contribution in [1.29, 1.82) is 0 Å².